The lowest BCUT2D eigenvalue weighted by Crippen LogP contribution is -2.26. The number of carbonyl (C=O) groups excluding carboxylic acids is 1. The van der Waals surface area contributed by atoms with Crippen LogP contribution in [-0.4, -0.2) is 34.5 Å². The van der Waals surface area contributed by atoms with Crippen molar-refractivity contribution in [3.63, 3.8) is 0 Å². The highest BCUT2D eigenvalue weighted by atomic mass is 19.1. The quantitative estimate of drug-likeness (QED) is 0.621. The molecule has 0 bridgehead atoms. The summed E-state index contributed by atoms with van der Waals surface area (Å²) in [6.45, 7) is 3.22. The third-order valence-electron chi connectivity index (χ3n) is 4.40. The van der Waals surface area contributed by atoms with Gasteiger partial charge in [0.1, 0.15) is 5.82 Å². The lowest BCUT2D eigenvalue weighted by molar-refractivity contribution is -0.125. The number of hydrogen-bond acceptors (Lipinski definition) is 3. The number of likely N-dealkylation sites (N-methyl/N-ethyl adjacent to an activating group) is 1. The number of aryl methyl sites for hydroxylation is 1. The fourth-order valence-corrected chi connectivity index (χ4v) is 2.97. The van der Waals surface area contributed by atoms with Crippen LogP contribution < -0.4 is 4.74 Å². The Bertz CT molecular complexity index is 994. The molecule has 2 aromatic carbocycles. The third-order valence-corrected chi connectivity index (χ3v) is 4.40. The number of rotatable bonds is 6. The first-order valence-electron chi connectivity index (χ1n) is 8.74. The number of hydrogen-bond donors (Lipinski definition) is 0. The van der Waals surface area contributed by atoms with Crippen molar-refractivity contribution in [3.8, 4) is 5.75 Å². The van der Waals surface area contributed by atoms with E-state index >= 15 is 0 Å². The first-order chi connectivity index (χ1) is 13.0. The molecule has 0 unspecified atom stereocenters. The molecular formula is C21H22FN3O2. The van der Waals surface area contributed by atoms with Gasteiger partial charge in [-0.25, -0.2) is 9.37 Å². The molecule has 0 spiro atoms. The topological polar surface area (TPSA) is 47.4 Å². The fourth-order valence-electron chi connectivity index (χ4n) is 2.97. The Balaban J connectivity index is 1.73. The Morgan fingerprint density at radius 2 is 2.07 bits per heavy atom. The molecule has 1 aromatic heterocycles. The summed E-state index contributed by atoms with van der Waals surface area (Å²) in [5, 5.41) is 0. The zero-order valence-electron chi connectivity index (χ0n) is 15.6. The molecule has 1 amide bonds. The van der Waals surface area contributed by atoms with Gasteiger partial charge < -0.3 is 14.2 Å². The van der Waals surface area contributed by atoms with Crippen LogP contribution in [-0.2, 0) is 17.9 Å². The molecular weight excluding hydrogens is 345 g/mol. The fraction of sp³-hybridized carbons (Fsp3) is 0.238. The average Bonchev–Trinajstić information content (AvgIpc) is 3.03. The number of halogens is 1. The molecule has 0 N–H and O–H groups in total. The van der Waals surface area contributed by atoms with Crippen LogP contribution in [0.3, 0.4) is 0 Å². The summed E-state index contributed by atoms with van der Waals surface area (Å²) in [7, 11) is 3.14. The number of methoxy groups -OCH3 is 1. The molecule has 0 atom stereocenters. The molecule has 27 heavy (non-hydrogen) atoms. The minimum atomic E-state index is -0.461. The lowest BCUT2D eigenvalue weighted by Gasteiger charge is -2.15. The van der Waals surface area contributed by atoms with Crippen molar-refractivity contribution < 1.29 is 13.9 Å². The van der Waals surface area contributed by atoms with Crippen molar-refractivity contribution in [2.75, 3.05) is 14.2 Å². The van der Waals surface area contributed by atoms with Gasteiger partial charge >= 0.3 is 0 Å². The van der Waals surface area contributed by atoms with E-state index in [4.69, 9.17) is 4.74 Å². The highest BCUT2D eigenvalue weighted by Gasteiger charge is 2.13. The summed E-state index contributed by atoms with van der Waals surface area (Å²) in [5.74, 6) is 0.366. The highest BCUT2D eigenvalue weighted by molar-refractivity contribution is 5.91. The number of amides is 1. The summed E-state index contributed by atoms with van der Waals surface area (Å²) < 4.78 is 20.7. The van der Waals surface area contributed by atoms with Gasteiger partial charge in [-0.05, 0) is 42.8 Å². The van der Waals surface area contributed by atoms with Crippen LogP contribution in [0.1, 0.15) is 18.3 Å². The van der Waals surface area contributed by atoms with E-state index < -0.39 is 5.82 Å². The maximum Gasteiger partial charge on any atom is 0.246 e. The molecule has 6 heteroatoms. The summed E-state index contributed by atoms with van der Waals surface area (Å²) in [6.07, 6.45) is 3.02. The van der Waals surface area contributed by atoms with Crippen LogP contribution in [0.2, 0.25) is 0 Å². The average molecular weight is 367 g/mol. The first-order valence-corrected chi connectivity index (χ1v) is 8.74. The van der Waals surface area contributed by atoms with E-state index in [2.05, 4.69) is 16.5 Å². The Labute approximate surface area is 157 Å². The molecule has 0 saturated carbocycles. The van der Waals surface area contributed by atoms with E-state index in [1.54, 1.807) is 24.1 Å². The second-order valence-corrected chi connectivity index (χ2v) is 6.18. The monoisotopic (exact) mass is 367 g/mol. The number of aromatic nitrogens is 2. The highest BCUT2D eigenvalue weighted by Crippen LogP contribution is 2.19. The standard InChI is InChI=1S/C21H22FN3O2/c1-4-25-18-8-6-5-7-17(18)23-20(25)14-24(2)21(26)12-10-15-9-11-19(27-3)16(22)13-15/h5-13H,4,14H2,1-3H3/b12-10+. The molecule has 0 aliphatic carbocycles. The smallest absolute Gasteiger partial charge is 0.246 e. The van der Waals surface area contributed by atoms with Gasteiger partial charge in [-0.2, -0.15) is 0 Å². The van der Waals surface area contributed by atoms with Crippen LogP contribution >= 0.6 is 0 Å². The minimum absolute atomic E-state index is 0.175. The van der Waals surface area contributed by atoms with Crippen molar-refractivity contribution >= 4 is 23.0 Å². The molecule has 0 fully saturated rings. The Morgan fingerprint density at radius 1 is 1.30 bits per heavy atom. The summed E-state index contributed by atoms with van der Waals surface area (Å²) in [4.78, 5) is 18.7. The number of imidazole rings is 1. The van der Waals surface area contributed by atoms with Crippen molar-refractivity contribution in [3.05, 3.63) is 65.7 Å². The van der Waals surface area contributed by atoms with E-state index in [1.165, 1.54) is 25.3 Å². The van der Waals surface area contributed by atoms with Crippen molar-refractivity contribution in [2.24, 2.45) is 0 Å². The molecule has 5 nitrogen and oxygen atoms in total. The molecule has 0 aliphatic rings. The maximum absolute atomic E-state index is 13.7. The Morgan fingerprint density at radius 3 is 2.78 bits per heavy atom. The molecule has 3 aromatic rings. The molecule has 0 radical (unpaired) electrons. The van der Waals surface area contributed by atoms with Crippen LogP contribution in [0, 0.1) is 5.82 Å². The maximum atomic E-state index is 13.7. The second kappa shape index (κ2) is 8.03. The van der Waals surface area contributed by atoms with Gasteiger partial charge in [-0.3, -0.25) is 4.79 Å². The minimum Gasteiger partial charge on any atom is -0.494 e. The molecule has 140 valence electrons. The van der Waals surface area contributed by atoms with E-state index in [0.29, 0.717) is 12.1 Å². The van der Waals surface area contributed by atoms with E-state index in [1.807, 2.05) is 24.3 Å². The molecule has 0 saturated heterocycles. The van der Waals surface area contributed by atoms with E-state index in [9.17, 15) is 9.18 Å². The zero-order chi connectivity index (χ0) is 19.4. The van der Waals surface area contributed by atoms with Gasteiger partial charge in [0.25, 0.3) is 0 Å². The van der Waals surface area contributed by atoms with Crippen molar-refractivity contribution in [1.29, 1.82) is 0 Å². The predicted molar refractivity (Wildman–Crippen MR) is 104 cm³/mol. The Hall–Kier alpha value is -3.15. The van der Waals surface area contributed by atoms with Gasteiger partial charge in [0.2, 0.25) is 5.91 Å². The van der Waals surface area contributed by atoms with Gasteiger partial charge in [0.05, 0.1) is 24.7 Å². The van der Waals surface area contributed by atoms with E-state index in [-0.39, 0.29) is 11.7 Å². The summed E-state index contributed by atoms with van der Waals surface area (Å²) in [5.41, 5.74) is 2.57. The van der Waals surface area contributed by atoms with Crippen molar-refractivity contribution in [2.45, 2.75) is 20.0 Å². The first kappa shape index (κ1) is 18.6. The number of carbonyl (C=O) groups is 1. The van der Waals surface area contributed by atoms with E-state index in [0.717, 1.165) is 23.4 Å². The number of ether oxygens (including phenoxy) is 1. The molecule has 0 aliphatic heterocycles. The third kappa shape index (κ3) is 4.00. The van der Waals surface area contributed by atoms with Gasteiger partial charge in [0.15, 0.2) is 11.6 Å². The van der Waals surface area contributed by atoms with Crippen LogP contribution in [0.4, 0.5) is 4.39 Å². The van der Waals surface area contributed by atoms with Gasteiger partial charge in [-0.1, -0.05) is 18.2 Å². The van der Waals surface area contributed by atoms with Crippen LogP contribution in [0.25, 0.3) is 17.1 Å². The van der Waals surface area contributed by atoms with Crippen LogP contribution in [0.5, 0.6) is 5.75 Å². The second-order valence-electron chi connectivity index (χ2n) is 6.18. The number of fused-ring (bicyclic) bond motifs is 1. The van der Waals surface area contributed by atoms with Crippen molar-refractivity contribution in [1.82, 2.24) is 14.5 Å². The molecule has 1 heterocycles. The Kier molecular flexibility index (Phi) is 5.54. The normalized spacial score (nSPS) is 11.3. The number of para-hydroxylation sites is 2. The zero-order valence-corrected chi connectivity index (χ0v) is 15.6. The van der Waals surface area contributed by atoms with Gasteiger partial charge in [-0.15, -0.1) is 0 Å². The summed E-state index contributed by atoms with van der Waals surface area (Å²) >= 11 is 0. The number of nitrogens with zero attached hydrogens (tertiary/aromatic N) is 3. The van der Waals surface area contributed by atoms with Crippen LogP contribution in [0.15, 0.2) is 48.5 Å². The summed E-state index contributed by atoms with van der Waals surface area (Å²) in [6, 6.07) is 12.5. The number of benzene rings is 2. The SMILES string of the molecule is CCn1c(CN(C)C(=O)/C=C/c2ccc(OC)c(F)c2)nc2ccccc21. The molecule has 3 rings (SSSR count). The van der Waals surface area contributed by atoms with Gasteiger partial charge in [0, 0.05) is 19.7 Å². The lowest BCUT2D eigenvalue weighted by atomic mass is 10.2. The largest absolute Gasteiger partial charge is 0.494 e. The predicted octanol–water partition coefficient (Wildman–Crippen LogP) is 3.88.